The van der Waals surface area contributed by atoms with Crippen molar-refractivity contribution in [2.75, 3.05) is 165 Å². The molecule has 0 aromatic heterocycles. The molecule has 15 heteroatoms. The molecule has 0 saturated heterocycles. The Labute approximate surface area is 243 Å². The molecular formula is C26H52O15. The molecule has 0 amide bonds. The van der Waals surface area contributed by atoms with Crippen LogP contribution in [0.15, 0.2) is 0 Å². The van der Waals surface area contributed by atoms with E-state index in [4.69, 9.17) is 67.1 Å². The summed E-state index contributed by atoms with van der Waals surface area (Å²) < 4.78 is 63.8. The highest BCUT2D eigenvalue weighted by Gasteiger charge is 1.97. The van der Waals surface area contributed by atoms with Crippen molar-refractivity contribution in [2.24, 2.45) is 0 Å². The predicted molar refractivity (Wildman–Crippen MR) is 145 cm³/mol. The van der Waals surface area contributed by atoms with Crippen molar-refractivity contribution < 1.29 is 71.8 Å². The van der Waals surface area contributed by atoms with E-state index in [-0.39, 0.29) is 19.8 Å². The number of hydrogen-bond donors (Lipinski definition) is 2. The quantitative estimate of drug-likeness (QED) is 0.0850. The molecular weight excluding hydrogens is 552 g/mol. The molecule has 41 heavy (non-hydrogen) atoms. The Hall–Kier alpha value is -1.05. The maximum atomic E-state index is 10.3. The molecule has 15 nitrogen and oxygen atoms in total. The van der Waals surface area contributed by atoms with Crippen LogP contribution in [0.5, 0.6) is 0 Å². The number of carboxylic acids is 1. The lowest BCUT2D eigenvalue weighted by Gasteiger charge is -2.09. The van der Waals surface area contributed by atoms with Crippen molar-refractivity contribution >= 4 is 5.97 Å². The van der Waals surface area contributed by atoms with Gasteiger partial charge in [0.1, 0.15) is 6.61 Å². The van der Waals surface area contributed by atoms with Gasteiger partial charge in [0, 0.05) is 0 Å². The summed E-state index contributed by atoms with van der Waals surface area (Å²) in [6.45, 7) is 10.2. The molecule has 0 atom stereocenters. The van der Waals surface area contributed by atoms with Gasteiger partial charge in [0.2, 0.25) is 0 Å². The summed E-state index contributed by atoms with van der Waals surface area (Å²) in [6.07, 6.45) is 0. The van der Waals surface area contributed by atoms with Gasteiger partial charge in [-0.05, 0) is 0 Å². The van der Waals surface area contributed by atoms with Crippen LogP contribution in [0.4, 0.5) is 0 Å². The Bertz CT molecular complexity index is 502. The van der Waals surface area contributed by atoms with Crippen molar-refractivity contribution in [1.29, 1.82) is 0 Å². The Morgan fingerprint density at radius 1 is 0.317 bits per heavy atom. The van der Waals surface area contributed by atoms with E-state index < -0.39 is 5.97 Å². The predicted octanol–water partition coefficient (Wildman–Crippen LogP) is -0.737. The lowest BCUT2D eigenvalue weighted by molar-refractivity contribution is -0.142. The molecule has 0 aromatic rings. The fourth-order valence-corrected chi connectivity index (χ4v) is 2.64. The first-order valence-electron chi connectivity index (χ1n) is 14.0. The van der Waals surface area contributed by atoms with Gasteiger partial charge < -0.3 is 67.1 Å². The molecule has 0 unspecified atom stereocenters. The summed E-state index contributed by atoms with van der Waals surface area (Å²) in [6, 6.07) is 0. The van der Waals surface area contributed by atoms with Crippen LogP contribution in [-0.4, -0.2) is 181 Å². The normalized spacial score (nSPS) is 11.4. The molecule has 0 radical (unpaired) electrons. The van der Waals surface area contributed by atoms with Crippen molar-refractivity contribution in [2.45, 2.75) is 0 Å². The fourth-order valence-electron chi connectivity index (χ4n) is 2.64. The highest BCUT2D eigenvalue weighted by Crippen LogP contribution is 1.87. The van der Waals surface area contributed by atoms with Gasteiger partial charge >= 0.3 is 5.97 Å². The molecule has 2 N–H and O–H groups in total. The van der Waals surface area contributed by atoms with Gasteiger partial charge in [-0.25, -0.2) is 4.79 Å². The second-order valence-electron chi connectivity index (χ2n) is 7.91. The molecule has 0 heterocycles. The van der Waals surface area contributed by atoms with E-state index in [2.05, 4.69) is 0 Å². The molecule has 0 aliphatic rings. The summed E-state index contributed by atoms with van der Waals surface area (Å²) >= 11 is 0. The van der Waals surface area contributed by atoms with E-state index >= 15 is 0 Å². The number of ether oxygens (including phenoxy) is 12. The first-order chi connectivity index (χ1) is 20.3. The number of carbonyl (C=O) groups is 1. The van der Waals surface area contributed by atoms with Gasteiger partial charge in [-0.2, -0.15) is 0 Å². The number of hydrogen-bond acceptors (Lipinski definition) is 14. The molecule has 246 valence electrons. The SMILES string of the molecule is O=C(O)COCCOCCOCCOCCOCCOCCOCCOCCOCCOCCOCCOCCO. The molecule has 0 aliphatic carbocycles. The van der Waals surface area contributed by atoms with E-state index in [1.165, 1.54) is 0 Å². The first-order valence-corrected chi connectivity index (χ1v) is 14.0. The number of carboxylic acid groups (broad SMARTS) is 1. The molecule has 0 aromatic carbocycles. The van der Waals surface area contributed by atoms with E-state index in [1.807, 2.05) is 0 Å². The van der Waals surface area contributed by atoms with Gasteiger partial charge in [-0.3, -0.25) is 0 Å². The first kappa shape index (κ1) is 40.0. The van der Waals surface area contributed by atoms with Gasteiger partial charge in [0.15, 0.2) is 0 Å². The molecule has 0 rings (SSSR count). The minimum Gasteiger partial charge on any atom is -0.480 e. The maximum absolute atomic E-state index is 10.3. The Kier molecular flexibility index (Phi) is 36.0. The highest BCUT2D eigenvalue weighted by atomic mass is 16.6. The third kappa shape index (κ3) is 39.0. The van der Waals surface area contributed by atoms with E-state index in [9.17, 15) is 4.79 Å². The molecule has 0 fully saturated rings. The number of aliphatic hydroxyl groups excluding tert-OH is 1. The van der Waals surface area contributed by atoms with Crippen molar-refractivity contribution in [3.8, 4) is 0 Å². The Morgan fingerprint density at radius 2 is 0.488 bits per heavy atom. The highest BCUT2D eigenvalue weighted by molar-refractivity contribution is 5.67. The summed E-state index contributed by atoms with van der Waals surface area (Å²) in [4.78, 5) is 10.3. The summed E-state index contributed by atoms with van der Waals surface area (Å²) in [5.41, 5.74) is 0. The lowest BCUT2D eigenvalue weighted by atomic mass is 10.6. The van der Waals surface area contributed by atoms with Crippen LogP contribution in [0.1, 0.15) is 0 Å². The molecule has 0 spiro atoms. The fraction of sp³-hybridized carbons (Fsp3) is 0.962. The second kappa shape index (κ2) is 37.0. The minimum atomic E-state index is -0.997. The zero-order chi connectivity index (χ0) is 29.7. The van der Waals surface area contributed by atoms with Gasteiger partial charge in [0.05, 0.1) is 159 Å². The zero-order valence-electron chi connectivity index (χ0n) is 24.4. The number of rotatable bonds is 37. The second-order valence-corrected chi connectivity index (χ2v) is 7.91. The molecule has 0 bridgehead atoms. The smallest absolute Gasteiger partial charge is 0.329 e. The van der Waals surface area contributed by atoms with Crippen molar-refractivity contribution in [1.82, 2.24) is 0 Å². The van der Waals surface area contributed by atoms with Crippen LogP contribution >= 0.6 is 0 Å². The maximum Gasteiger partial charge on any atom is 0.329 e. The topological polar surface area (TPSA) is 168 Å². The standard InChI is InChI=1S/C26H52O15/c27-1-2-30-3-4-31-5-6-32-7-8-33-9-10-34-11-12-35-13-14-36-15-16-37-17-18-38-19-20-39-21-22-40-23-24-41-25-26(28)29/h27H,1-25H2,(H,28,29). The molecule has 0 aliphatic heterocycles. The van der Waals surface area contributed by atoms with Crippen LogP contribution < -0.4 is 0 Å². The van der Waals surface area contributed by atoms with E-state index in [0.717, 1.165) is 0 Å². The summed E-state index contributed by atoms with van der Waals surface area (Å²) in [7, 11) is 0. The average Bonchev–Trinajstić information content (AvgIpc) is 2.97. The van der Waals surface area contributed by atoms with Crippen LogP contribution in [0.3, 0.4) is 0 Å². The minimum absolute atomic E-state index is 0.0205. The van der Waals surface area contributed by atoms with Gasteiger partial charge in [-0.1, -0.05) is 0 Å². The van der Waals surface area contributed by atoms with Crippen molar-refractivity contribution in [3.63, 3.8) is 0 Å². The van der Waals surface area contributed by atoms with E-state index in [0.29, 0.717) is 145 Å². The number of aliphatic hydroxyl groups is 1. The average molecular weight is 605 g/mol. The zero-order valence-corrected chi connectivity index (χ0v) is 24.4. The van der Waals surface area contributed by atoms with Crippen LogP contribution in [-0.2, 0) is 61.6 Å². The van der Waals surface area contributed by atoms with Crippen LogP contribution in [0, 0.1) is 0 Å². The Balaban J connectivity index is 3.03. The van der Waals surface area contributed by atoms with Gasteiger partial charge in [0.25, 0.3) is 0 Å². The van der Waals surface area contributed by atoms with Crippen LogP contribution in [0.25, 0.3) is 0 Å². The lowest BCUT2D eigenvalue weighted by Crippen LogP contribution is -2.15. The van der Waals surface area contributed by atoms with Gasteiger partial charge in [-0.15, -0.1) is 0 Å². The largest absolute Gasteiger partial charge is 0.480 e. The Morgan fingerprint density at radius 3 is 0.659 bits per heavy atom. The summed E-state index contributed by atoms with van der Waals surface area (Å²) in [5.74, 6) is -0.997. The van der Waals surface area contributed by atoms with Crippen LogP contribution in [0.2, 0.25) is 0 Å². The van der Waals surface area contributed by atoms with E-state index in [1.54, 1.807) is 0 Å². The third-order valence-electron chi connectivity index (χ3n) is 4.55. The third-order valence-corrected chi connectivity index (χ3v) is 4.55. The van der Waals surface area contributed by atoms with Crippen molar-refractivity contribution in [3.05, 3.63) is 0 Å². The molecule has 0 saturated carbocycles. The number of aliphatic carboxylic acids is 1. The monoisotopic (exact) mass is 604 g/mol. The summed E-state index contributed by atoms with van der Waals surface area (Å²) in [5, 5.41) is 17.0.